The third-order valence-electron chi connectivity index (χ3n) is 8.10. The molecule has 0 bridgehead atoms. The fourth-order valence-electron chi connectivity index (χ4n) is 5.67. The second kappa shape index (κ2) is 13.5. The van der Waals surface area contributed by atoms with Crippen molar-refractivity contribution in [1.82, 2.24) is 16.0 Å². The maximum atomic E-state index is 11.1. The van der Waals surface area contributed by atoms with E-state index < -0.39 is 4.92 Å². The molecule has 9 nitrogen and oxygen atoms in total. The minimum absolute atomic E-state index is 0.00687. The minimum Gasteiger partial charge on any atom is -0.457 e. The third-order valence-corrected chi connectivity index (χ3v) is 8.10. The number of nitrogens with two attached hydrogens (primary N) is 1. The van der Waals surface area contributed by atoms with Gasteiger partial charge in [-0.15, -0.1) is 0 Å². The molecule has 3 aliphatic rings. The summed E-state index contributed by atoms with van der Waals surface area (Å²) >= 11 is 0. The van der Waals surface area contributed by atoms with Crippen molar-refractivity contribution in [3.8, 4) is 34.1 Å². The van der Waals surface area contributed by atoms with Crippen LogP contribution in [0.4, 0.5) is 11.4 Å². The van der Waals surface area contributed by atoms with E-state index in [1.165, 1.54) is 12.1 Å². The zero-order chi connectivity index (χ0) is 32.9. The van der Waals surface area contributed by atoms with Crippen LogP contribution in [0.5, 0.6) is 23.0 Å². The summed E-state index contributed by atoms with van der Waals surface area (Å²) in [5.74, 6) is 2.19. The molecule has 0 saturated heterocycles. The maximum Gasteiger partial charge on any atom is 0.269 e. The molecule has 3 heterocycles. The van der Waals surface area contributed by atoms with E-state index in [-0.39, 0.29) is 17.8 Å². The summed E-state index contributed by atoms with van der Waals surface area (Å²) in [6.45, 7) is 0.794. The Morgan fingerprint density at radius 1 is 0.729 bits per heavy atom. The molecule has 9 heteroatoms. The first-order valence-corrected chi connectivity index (χ1v) is 15.6. The van der Waals surface area contributed by atoms with Gasteiger partial charge in [-0.3, -0.25) is 10.1 Å². The Bertz CT molecular complexity index is 2010. The van der Waals surface area contributed by atoms with E-state index in [1.807, 2.05) is 24.4 Å². The highest BCUT2D eigenvalue weighted by molar-refractivity contribution is 5.79. The van der Waals surface area contributed by atoms with Gasteiger partial charge in [-0.05, 0) is 101 Å². The molecule has 48 heavy (non-hydrogen) atoms. The van der Waals surface area contributed by atoms with Crippen LogP contribution in [-0.4, -0.2) is 23.6 Å². The predicted octanol–water partition coefficient (Wildman–Crippen LogP) is 7.75. The Hall–Kier alpha value is -6.48. The summed E-state index contributed by atoms with van der Waals surface area (Å²) in [5, 5.41) is 21.8. The lowest BCUT2D eigenvalue weighted by atomic mass is 9.93. The topological polar surface area (TPSA) is 124 Å². The Kier molecular flexibility index (Phi) is 8.48. The van der Waals surface area contributed by atoms with Crippen molar-refractivity contribution in [2.24, 2.45) is 0 Å². The summed E-state index contributed by atoms with van der Waals surface area (Å²) in [6, 6.07) is 27.3. The summed E-state index contributed by atoms with van der Waals surface area (Å²) in [5.41, 5.74) is 12.8. The van der Waals surface area contributed by atoms with Crippen LogP contribution >= 0.6 is 0 Å². The number of hydrogen-bond acceptors (Lipinski definition) is 8. The van der Waals surface area contributed by atoms with Gasteiger partial charge in [-0.25, -0.2) is 0 Å². The monoisotopic (exact) mass is 635 g/mol. The molecule has 3 aliphatic heterocycles. The molecular formula is C39H33N5O4. The SMILES string of the molecule is Nc1ccc(Oc2cc(Oc3ccc([N+](=O)[O-])cc3)cc(-c3ccc(C4=CC(C5=CC=CCN5)NC(C5C=CC=CN5)=C4)cc3)c2)cc1. The molecular weight excluding hydrogens is 602 g/mol. The van der Waals surface area contributed by atoms with Crippen molar-refractivity contribution in [2.45, 2.75) is 12.1 Å². The van der Waals surface area contributed by atoms with Gasteiger partial charge in [-0.2, -0.15) is 0 Å². The molecule has 0 amide bonds. The Morgan fingerprint density at radius 2 is 1.42 bits per heavy atom. The number of non-ortho nitro benzene ring substituents is 1. The van der Waals surface area contributed by atoms with Gasteiger partial charge in [0.25, 0.3) is 5.69 Å². The normalized spacial score (nSPS) is 18.0. The van der Waals surface area contributed by atoms with Crippen molar-refractivity contribution in [1.29, 1.82) is 0 Å². The van der Waals surface area contributed by atoms with Crippen LogP contribution in [0, 0.1) is 10.1 Å². The number of anilines is 1. The number of allylic oxidation sites excluding steroid dienone is 6. The molecule has 2 atom stereocenters. The van der Waals surface area contributed by atoms with Gasteiger partial charge >= 0.3 is 0 Å². The molecule has 0 spiro atoms. The van der Waals surface area contributed by atoms with Gasteiger partial charge < -0.3 is 31.2 Å². The average molecular weight is 636 g/mol. The number of nitro benzene ring substituents is 1. The number of nitrogens with one attached hydrogen (secondary N) is 3. The van der Waals surface area contributed by atoms with Crippen LogP contribution < -0.4 is 31.2 Å². The zero-order valence-corrected chi connectivity index (χ0v) is 25.9. The third kappa shape index (κ3) is 7.00. The van der Waals surface area contributed by atoms with Crippen molar-refractivity contribution in [3.63, 3.8) is 0 Å². The molecule has 5 N–H and O–H groups in total. The highest BCUT2D eigenvalue weighted by atomic mass is 16.6. The molecule has 0 radical (unpaired) electrons. The number of hydrogen-bond donors (Lipinski definition) is 4. The Labute approximate surface area is 278 Å². The lowest BCUT2D eigenvalue weighted by Gasteiger charge is -2.31. The van der Waals surface area contributed by atoms with Gasteiger partial charge in [-0.1, -0.05) is 48.6 Å². The van der Waals surface area contributed by atoms with Crippen LogP contribution in [0.2, 0.25) is 0 Å². The molecule has 4 aromatic rings. The summed E-state index contributed by atoms with van der Waals surface area (Å²) in [6.07, 6.45) is 18.9. The van der Waals surface area contributed by atoms with E-state index in [4.69, 9.17) is 15.2 Å². The number of ether oxygens (including phenoxy) is 2. The molecule has 0 saturated carbocycles. The van der Waals surface area contributed by atoms with Crippen molar-refractivity contribution in [2.75, 3.05) is 12.3 Å². The average Bonchev–Trinajstić information content (AvgIpc) is 3.13. The van der Waals surface area contributed by atoms with E-state index in [9.17, 15) is 10.1 Å². The molecule has 0 fully saturated rings. The number of rotatable bonds is 9. The van der Waals surface area contributed by atoms with Crippen LogP contribution in [0.1, 0.15) is 5.56 Å². The molecule has 7 rings (SSSR count). The predicted molar refractivity (Wildman–Crippen MR) is 189 cm³/mol. The van der Waals surface area contributed by atoms with Crippen LogP contribution in [0.3, 0.4) is 0 Å². The molecule has 0 aliphatic carbocycles. The lowest BCUT2D eigenvalue weighted by Crippen LogP contribution is -2.43. The van der Waals surface area contributed by atoms with E-state index in [1.54, 1.807) is 42.5 Å². The number of benzene rings is 4. The highest BCUT2D eigenvalue weighted by Gasteiger charge is 2.23. The van der Waals surface area contributed by atoms with Gasteiger partial charge in [0, 0.05) is 41.8 Å². The van der Waals surface area contributed by atoms with E-state index >= 15 is 0 Å². The number of nitro groups is 1. The first kappa shape index (κ1) is 30.2. The molecule has 238 valence electrons. The second-order valence-electron chi connectivity index (χ2n) is 11.5. The fourth-order valence-corrected chi connectivity index (χ4v) is 5.67. The van der Waals surface area contributed by atoms with Gasteiger partial charge in [0.15, 0.2) is 0 Å². The quantitative estimate of drug-likeness (QED) is 0.0836. The summed E-state index contributed by atoms with van der Waals surface area (Å²) in [4.78, 5) is 10.7. The number of nitrogen functional groups attached to an aromatic ring is 1. The second-order valence-corrected chi connectivity index (χ2v) is 11.5. The van der Waals surface area contributed by atoms with Crippen molar-refractivity contribution in [3.05, 3.63) is 173 Å². The largest absolute Gasteiger partial charge is 0.457 e. The van der Waals surface area contributed by atoms with Gasteiger partial charge in [0.2, 0.25) is 0 Å². The molecule has 2 unspecified atom stereocenters. The van der Waals surface area contributed by atoms with Crippen LogP contribution in [0.15, 0.2) is 157 Å². The molecule has 4 aromatic carbocycles. The molecule has 0 aromatic heterocycles. The lowest BCUT2D eigenvalue weighted by molar-refractivity contribution is -0.384. The Balaban J connectivity index is 1.20. The first-order chi connectivity index (χ1) is 23.5. The maximum absolute atomic E-state index is 11.1. The Morgan fingerprint density at radius 3 is 2.04 bits per heavy atom. The van der Waals surface area contributed by atoms with Gasteiger partial charge in [0.1, 0.15) is 23.0 Å². The fraction of sp³-hybridized carbons (Fsp3) is 0.0769. The minimum atomic E-state index is -0.438. The summed E-state index contributed by atoms with van der Waals surface area (Å²) < 4.78 is 12.4. The number of nitrogens with zero attached hydrogens (tertiary/aromatic N) is 1. The van der Waals surface area contributed by atoms with E-state index in [2.05, 4.69) is 82.7 Å². The van der Waals surface area contributed by atoms with Crippen LogP contribution in [-0.2, 0) is 0 Å². The zero-order valence-electron chi connectivity index (χ0n) is 25.9. The highest BCUT2D eigenvalue weighted by Crippen LogP contribution is 2.36. The first-order valence-electron chi connectivity index (χ1n) is 15.6. The number of dihydropyridines is 3. The summed E-state index contributed by atoms with van der Waals surface area (Å²) in [7, 11) is 0. The van der Waals surface area contributed by atoms with E-state index in [0.29, 0.717) is 28.7 Å². The van der Waals surface area contributed by atoms with Crippen LogP contribution in [0.25, 0.3) is 16.7 Å². The van der Waals surface area contributed by atoms with Gasteiger partial charge in [0.05, 0.1) is 17.0 Å². The van der Waals surface area contributed by atoms with Crippen molar-refractivity contribution < 1.29 is 14.4 Å². The standard InChI is InChI=1S/C39H33N5O4/c40-30-11-15-32(16-12-30)47-34-21-28(22-35(25-34)48-33-17-13-31(14-18-33)44(45)46)26-7-9-27(10-8-26)29-23-38(36-5-1-3-19-41-36)43-39(24-29)37-6-2-4-20-42-37/h1-19,21-25,36,39,41-43H,20,40H2. The van der Waals surface area contributed by atoms with Crippen molar-refractivity contribution >= 4 is 16.9 Å². The van der Waals surface area contributed by atoms with E-state index in [0.717, 1.165) is 40.2 Å². The smallest absolute Gasteiger partial charge is 0.269 e.